The van der Waals surface area contributed by atoms with Crippen LogP contribution in [0.2, 0.25) is 5.02 Å². The van der Waals surface area contributed by atoms with Crippen LogP contribution in [-0.2, 0) is 6.42 Å². The van der Waals surface area contributed by atoms with Crippen molar-refractivity contribution >= 4 is 28.7 Å². The molecule has 0 saturated heterocycles. The van der Waals surface area contributed by atoms with Crippen molar-refractivity contribution in [3.05, 3.63) is 52.2 Å². The van der Waals surface area contributed by atoms with E-state index in [9.17, 15) is 13.6 Å². The number of H-pyrrole nitrogens is 1. The second kappa shape index (κ2) is 6.28. The maximum Gasteiger partial charge on any atom is 0.290 e. The number of pyridine rings is 2. The van der Waals surface area contributed by atoms with E-state index in [0.29, 0.717) is 39.4 Å². The molecule has 1 atom stereocenters. The Morgan fingerprint density at radius 3 is 3.00 bits per heavy atom. The first kappa shape index (κ1) is 16.8. The molecule has 0 aliphatic carbocycles. The van der Waals surface area contributed by atoms with Gasteiger partial charge in [0.25, 0.3) is 12.3 Å². The summed E-state index contributed by atoms with van der Waals surface area (Å²) in [5, 5.41) is 0.434. The smallest absolute Gasteiger partial charge is 0.290 e. The molecule has 0 radical (unpaired) electrons. The van der Waals surface area contributed by atoms with E-state index < -0.39 is 18.4 Å². The summed E-state index contributed by atoms with van der Waals surface area (Å²) < 4.78 is 27.5. The molecule has 9 heteroatoms. The lowest BCUT2D eigenvalue weighted by Crippen LogP contribution is -2.43. The van der Waals surface area contributed by atoms with Gasteiger partial charge in [-0.3, -0.25) is 9.78 Å². The Balaban J connectivity index is 1.75. The maximum absolute atomic E-state index is 13.8. The van der Waals surface area contributed by atoms with Gasteiger partial charge in [0, 0.05) is 36.6 Å². The van der Waals surface area contributed by atoms with Gasteiger partial charge in [-0.1, -0.05) is 17.7 Å². The van der Waals surface area contributed by atoms with Gasteiger partial charge in [0.15, 0.2) is 11.5 Å². The topological polar surface area (TPSA) is 74.8 Å². The van der Waals surface area contributed by atoms with Gasteiger partial charge in [-0.25, -0.2) is 18.7 Å². The Labute approximate surface area is 152 Å². The zero-order valence-electron chi connectivity index (χ0n) is 13.7. The molecular weight excluding hydrogens is 364 g/mol. The van der Waals surface area contributed by atoms with Crippen molar-refractivity contribution < 1.29 is 13.6 Å². The van der Waals surface area contributed by atoms with Crippen LogP contribution in [0.15, 0.2) is 24.5 Å². The van der Waals surface area contributed by atoms with Crippen LogP contribution in [0.1, 0.15) is 33.5 Å². The largest absolute Gasteiger partial charge is 0.332 e. The third-order valence-corrected chi connectivity index (χ3v) is 4.97. The third-order valence-electron chi connectivity index (χ3n) is 4.59. The van der Waals surface area contributed by atoms with Crippen molar-refractivity contribution in [2.24, 2.45) is 0 Å². The lowest BCUT2D eigenvalue weighted by Gasteiger charge is -2.35. The molecule has 3 aromatic rings. The highest BCUT2D eigenvalue weighted by Crippen LogP contribution is 2.34. The van der Waals surface area contributed by atoms with E-state index in [1.165, 1.54) is 6.20 Å². The minimum Gasteiger partial charge on any atom is -0.332 e. The number of rotatable bonds is 2. The number of alkyl halides is 2. The average molecular weight is 378 g/mol. The summed E-state index contributed by atoms with van der Waals surface area (Å²) in [5.74, 6) is -0.630. The van der Waals surface area contributed by atoms with E-state index in [1.54, 1.807) is 25.3 Å². The SMILES string of the molecule is Cc1c(Cl)cnc2nc(C(=O)N3CCc4ncccc4[C@H]3C(F)F)[nH]c12. The number of carbonyl (C=O) groups excluding carboxylic acids is 1. The number of aryl methyl sites for hydroxylation is 1. The van der Waals surface area contributed by atoms with Gasteiger partial charge in [-0.15, -0.1) is 0 Å². The van der Waals surface area contributed by atoms with E-state index in [4.69, 9.17) is 11.6 Å². The summed E-state index contributed by atoms with van der Waals surface area (Å²) in [6.45, 7) is 1.91. The van der Waals surface area contributed by atoms with Crippen LogP contribution in [0.4, 0.5) is 8.78 Å². The normalized spacial score (nSPS) is 17.0. The first-order valence-corrected chi connectivity index (χ1v) is 8.39. The predicted molar refractivity (Wildman–Crippen MR) is 91.4 cm³/mol. The number of hydrogen-bond acceptors (Lipinski definition) is 4. The van der Waals surface area contributed by atoms with Gasteiger partial charge in [0.1, 0.15) is 6.04 Å². The number of aromatic nitrogens is 4. The molecule has 0 bridgehead atoms. The molecule has 1 amide bonds. The molecule has 1 aliphatic rings. The summed E-state index contributed by atoms with van der Waals surface area (Å²) in [6.07, 6.45) is 0.685. The van der Waals surface area contributed by atoms with Crippen LogP contribution in [0.25, 0.3) is 11.2 Å². The monoisotopic (exact) mass is 377 g/mol. The number of nitrogens with one attached hydrogen (secondary N) is 1. The van der Waals surface area contributed by atoms with Crippen molar-refractivity contribution in [1.29, 1.82) is 0 Å². The number of nitrogens with zero attached hydrogens (tertiary/aromatic N) is 4. The summed E-state index contributed by atoms with van der Waals surface area (Å²) in [6, 6.07) is 1.83. The quantitative estimate of drug-likeness (QED) is 0.743. The molecule has 6 nitrogen and oxygen atoms in total. The van der Waals surface area contributed by atoms with Crippen molar-refractivity contribution in [3.8, 4) is 0 Å². The molecule has 26 heavy (non-hydrogen) atoms. The Kier molecular flexibility index (Phi) is 4.07. The third kappa shape index (κ3) is 2.61. The lowest BCUT2D eigenvalue weighted by atomic mass is 9.97. The Morgan fingerprint density at radius 1 is 1.42 bits per heavy atom. The standard InChI is InChI=1S/C17H14ClF2N5O/c1-8-10(18)7-22-15-12(8)23-16(24-15)17(26)25-6-4-11-9(3-2-5-21-11)13(25)14(19)20/h2-3,5,7,13-14H,4,6H2,1H3,(H,22,23,24)/t13-/m0/s1. The number of imidazole rings is 1. The van der Waals surface area contributed by atoms with Crippen LogP contribution < -0.4 is 0 Å². The summed E-state index contributed by atoms with van der Waals surface area (Å²) in [7, 11) is 0. The first-order valence-electron chi connectivity index (χ1n) is 8.01. The Bertz CT molecular complexity index is 1010. The second-order valence-electron chi connectivity index (χ2n) is 6.08. The van der Waals surface area contributed by atoms with E-state index in [-0.39, 0.29) is 12.4 Å². The zero-order valence-corrected chi connectivity index (χ0v) is 14.5. The van der Waals surface area contributed by atoms with Crippen molar-refractivity contribution in [3.63, 3.8) is 0 Å². The van der Waals surface area contributed by atoms with Gasteiger partial charge in [0.2, 0.25) is 0 Å². The summed E-state index contributed by atoms with van der Waals surface area (Å²) in [4.78, 5) is 29.3. The van der Waals surface area contributed by atoms with Crippen molar-refractivity contribution in [2.45, 2.75) is 25.8 Å². The van der Waals surface area contributed by atoms with E-state index in [2.05, 4.69) is 19.9 Å². The Morgan fingerprint density at radius 2 is 2.23 bits per heavy atom. The second-order valence-corrected chi connectivity index (χ2v) is 6.49. The number of carbonyl (C=O) groups is 1. The minimum absolute atomic E-state index is 0.0316. The molecule has 0 spiro atoms. The molecule has 134 valence electrons. The van der Waals surface area contributed by atoms with Gasteiger partial charge in [-0.05, 0) is 18.6 Å². The molecule has 0 aromatic carbocycles. The van der Waals surface area contributed by atoms with Gasteiger partial charge in [0.05, 0.1) is 10.5 Å². The molecular formula is C17H14ClF2N5O. The van der Waals surface area contributed by atoms with Crippen LogP contribution in [0, 0.1) is 6.92 Å². The molecule has 0 unspecified atom stereocenters. The highest BCUT2D eigenvalue weighted by atomic mass is 35.5. The fourth-order valence-electron chi connectivity index (χ4n) is 3.25. The van der Waals surface area contributed by atoms with Crippen LogP contribution in [0.3, 0.4) is 0 Å². The van der Waals surface area contributed by atoms with Crippen LogP contribution in [0.5, 0.6) is 0 Å². The molecule has 4 rings (SSSR count). The number of halogens is 3. The highest BCUT2D eigenvalue weighted by molar-refractivity contribution is 6.31. The van der Waals surface area contributed by atoms with Gasteiger partial charge < -0.3 is 9.88 Å². The first-order chi connectivity index (χ1) is 12.5. The number of hydrogen-bond donors (Lipinski definition) is 1. The zero-order chi connectivity index (χ0) is 18.4. The molecule has 1 N–H and O–H groups in total. The lowest BCUT2D eigenvalue weighted by molar-refractivity contribution is 0.0154. The van der Waals surface area contributed by atoms with Gasteiger partial charge >= 0.3 is 0 Å². The molecule has 4 heterocycles. The molecule has 1 aliphatic heterocycles. The summed E-state index contributed by atoms with van der Waals surface area (Å²) >= 11 is 6.03. The van der Waals surface area contributed by atoms with Crippen LogP contribution in [-0.4, -0.2) is 43.7 Å². The Hall–Kier alpha value is -2.61. The maximum atomic E-state index is 13.8. The number of amides is 1. The van der Waals surface area contributed by atoms with Gasteiger partial charge in [-0.2, -0.15) is 0 Å². The van der Waals surface area contributed by atoms with Crippen molar-refractivity contribution in [1.82, 2.24) is 24.8 Å². The van der Waals surface area contributed by atoms with Crippen molar-refractivity contribution in [2.75, 3.05) is 6.54 Å². The molecule has 3 aromatic heterocycles. The van der Waals surface area contributed by atoms with E-state index in [1.807, 2.05) is 0 Å². The van der Waals surface area contributed by atoms with Crippen LogP contribution >= 0.6 is 11.6 Å². The number of fused-ring (bicyclic) bond motifs is 2. The minimum atomic E-state index is -2.74. The van der Waals surface area contributed by atoms with E-state index >= 15 is 0 Å². The number of aromatic amines is 1. The molecule has 0 saturated carbocycles. The fourth-order valence-corrected chi connectivity index (χ4v) is 3.40. The summed E-state index contributed by atoms with van der Waals surface area (Å²) in [5.41, 5.74) is 2.50. The highest BCUT2D eigenvalue weighted by Gasteiger charge is 2.38. The molecule has 0 fully saturated rings. The average Bonchev–Trinajstić information content (AvgIpc) is 3.08. The predicted octanol–water partition coefficient (Wildman–Crippen LogP) is 3.32. The fraction of sp³-hybridized carbons (Fsp3) is 0.294. The van der Waals surface area contributed by atoms with E-state index in [0.717, 1.165) is 4.90 Å².